The molecule has 0 atom stereocenters. The molecule has 2 heterocycles. The number of nitrogens with one attached hydrogen (secondary N) is 2. The average molecular weight is 433 g/mol. The summed E-state index contributed by atoms with van der Waals surface area (Å²) in [5.41, 5.74) is 3.08. The van der Waals surface area contributed by atoms with Crippen LogP contribution in [0.25, 0.3) is 21.3 Å². The highest BCUT2D eigenvalue weighted by Gasteiger charge is 2.16. The second kappa shape index (κ2) is 9.57. The number of thiophene rings is 1. The molecule has 0 aliphatic carbocycles. The van der Waals surface area contributed by atoms with Gasteiger partial charge >= 0.3 is 0 Å². The number of aromatic nitrogens is 2. The molecule has 158 valence electrons. The van der Waals surface area contributed by atoms with Gasteiger partial charge in [-0.05, 0) is 43.2 Å². The Morgan fingerprint density at radius 3 is 2.58 bits per heavy atom. The first kappa shape index (κ1) is 20.8. The number of ether oxygens (including phenoxy) is 1. The van der Waals surface area contributed by atoms with Crippen LogP contribution in [0, 0.1) is 6.92 Å². The quantitative estimate of drug-likeness (QED) is 0.359. The second-order valence-corrected chi connectivity index (χ2v) is 8.31. The molecular weight excluding hydrogens is 408 g/mol. The van der Waals surface area contributed by atoms with Crippen molar-refractivity contribution >= 4 is 39.0 Å². The van der Waals surface area contributed by atoms with Gasteiger partial charge in [0.1, 0.15) is 22.7 Å². The normalized spacial score (nSPS) is 10.8. The minimum Gasteiger partial charge on any atom is -0.497 e. The Kier molecular flexibility index (Phi) is 6.43. The van der Waals surface area contributed by atoms with Gasteiger partial charge in [0.25, 0.3) is 0 Å². The lowest BCUT2D eigenvalue weighted by Gasteiger charge is -2.09. The zero-order valence-corrected chi connectivity index (χ0v) is 18.3. The topological polar surface area (TPSA) is 76.1 Å². The minimum atomic E-state index is -0.0175. The average Bonchev–Trinajstić information content (AvgIpc) is 3.14. The van der Waals surface area contributed by atoms with E-state index in [2.05, 4.69) is 39.7 Å². The van der Waals surface area contributed by atoms with Gasteiger partial charge in [-0.3, -0.25) is 4.79 Å². The predicted molar refractivity (Wildman–Crippen MR) is 127 cm³/mol. The van der Waals surface area contributed by atoms with Crippen LogP contribution in [0.15, 0.2) is 60.9 Å². The molecule has 31 heavy (non-hydrogen) atoms. The van der Waals surface area contributed by atoms with Gasteiger partial charge < -0.3 is 15.4 Å². The van der Waals surface area contributed by atoms with Crippen molar-refractivity contribution < 1.29 is 9.53 Å². The number of aryl methyl sites for hydroxylation is 1. The summed E-state index contributed by atoms with van der Waals surface area (Å²) in [6, 6.07) is 17.6. The predicted octanol–water partition coefficient (Wildman–Crippen LogP) is 5.51. The van der Waals surface area contributed by atoms with Gasteiger partial charge in [0.2, 0.25) is 5.91 Å². The van der Waals surface area contributed by atoms with Crippen molar-refractivity contribution in [2.75, 3.05) is 24.3 Å². The van der Waals surface area contributed by atoms with Crippen molar-refractivity contribution in [2.45, 2.75) is 19.8 Å². The van der Waals surface area contributed by atoms with Crippen LogP contribution in [0.1, 0.15) is 17.7 Å². The lowest BCUT2D eigenvalue weighted by atomic mass is 10.0. The van der Waals surface area contributed by atoms with Crippen molar-refractivity contribution in [3.05, 3.63) is 65.8 Å². The zero-order chi connectivity index (χ0) is 21.6. The van der Waals surface area contributed by atoms with Crippen LogP contribution in [-0.4, -0.2) is 29.5 Å². The number of carbonyl (C=O) groups is 1. The van der Waals surface area contributed by atoms with E-state index in [0.29, 0.717) is 19.4 Å². The maximum Gasteiger partial charge on any atom is 0.224 e. The number of rotatable bonds is 8. The summed E-state index contributed by atoms with van der Waals surface area (Å²) in [5, 5.41) is 7.35. The maximum atomic E-state index is 12.2. The fraction of sp³-hybridized carbons (Fsp3) is 0.208. The number of hydrogen-bond donors (Lipinski definition) is 2. The van der Waals surface area contributed by atoms with Crippen molar-refractivity contribution in [1.82, 2.24) is 9.97 Å². The number of amides is 1. The lowest BCUT2D eigenvalue weighted by Crippen LogP contribution is -2.13. The minimum absolute atomic E-state index is 0.0175. The first-order valence-electron chi connectivity index (χ1n) is 10.1. The van der Waals surface area contributed by atoms with Gasteiger partial charge in [-0.25, -0.2) is 9.97 Å². The van der Waals surface area contributed by atoms with E-state index in [1.54, 1.807) is 24.8 Å². The molecule has 0 bridgehead atoms. The number of fused-ring (bicyclic) bond motifs is 1. The van der Waals surface area contributed by atoms with Crippen molar-refractivity contribution in [1.29, 1.82) is 0 Å². The van der Waals surface area contributed by atoms with Crippen molar-refractivity contribution in [3.8, 4) is 16.9 Å². The molecule has 0 aliphatic heterocycles. The van der Waals surface area contributed by atoms with E-state index in [9.17, 15) is 4.79 Å². The molecule has 4 rings (SSSR count). The first-order chi connectivity index (χ1) is 15.2. The third kappa shape index (κ3) is 4.83. The SMILES string of the molecule is COc1ccc(NC(=O)CCCNc2ncnc3sc(C)c(-c4ccccc4)c23)cc1. The smallest absolute Gasteiger partial charge is 0.224 e. The Hall–Kier alpha value is -3.45. The highest BCUT2D eigenvalue weighted by Crippen LogP contribution is 2.40. The lowest BCUT2D eigenvalue weighted by molar-refractivity contribution is -0.116. The van der Waals surface area contributed by atoms with Gasteiger partial charge in [-0.1, -0.05) is 30.3 Å². The van der Waals surface area contributed by atoms with Crippen LogP contribution in [0.3, 0.4) is 0 Å². The van der Waals surface area contributed by atoms with Crippen LogP contribution in [0.5, 0.6) is 5.75 Å². The van der Waals surface area contributed by atoms with Gasteiger partial charge in [-0.2, -0.15) is 0 Å². The summed E-state index contributed by atoms with van der Waals surface area (Å²) in [7, 11) is 1.62. The molecule has 0 saturated carbocycles. The number of benzene rings is 2. The Balaban J connectivity index is 1.39. The number of anilines is 2. The van der Waals surface area contributed by atoms with E-state index in [1.807, 2.05) is 42.5 Å². The van der Waals surface area contributed by atoms with Crippen LogP contribution in [0.4, 0.5) is 11.5 Å². The molecule has 0 unspecified atom stereocenters. The molecule has 2 aromatic carbocycles. The number of methoxy groups -OCH3 is 1. The number of hydrogen-bond acceptors (Lipinski definition) is 6. The van der Waals surface area contributed by atoms with Crippen molar-refractivity contribution in [3.63, 3.8) is 0 Å². The van der Waals surface area contributed by atoms with Gasteiger partial charge in [0, 0.05) is 29.1 Å². The first-order valence-corrected chi connectivity index (χ1v) is 10.9. The Labute approximate surface area is 185 Å². The van der Waals surface area contributed by atoms with Crippen LogP contribution >= 0.6 is 11.3 Å². The zero-order valence-electron chi connectivity index (χ0n) is 17.5. The Morgan fingerprint density at radius 2 is 1.84 bits per heavy atom. The molecule has 0 fully saturated rings. The molecule has 2 aromatic heterocycles. The summed E-state index contributed by atoms with van der Waals surface area (Å²) in [4.78, 5) is 23.4. The van der Waals surface area contributed by atoms with Crippen LogP contribution in [0.2, 0.25) is 0 Å². The molecule has 6 nitrogen and oxygen atoms in total. The van der Waals surface area contributed by atoms with E-state index in [-0.39, 0.29) is 5.91 Å². The summed E-state index contributed by atoms with van der Waals surface area (Å²) < 4.78 is 5.13. The maximum absolute atomic E-state index is 12.2. The van der Waals surface area contributed by atoms with E-state index >= 15 is 0 Å². The standard InChI is InChI=1S/C24H24N4O2S/c1-16-21(17-7-4-3-5-8-17)22-23(26-15-27-24(22)31-16)25-14-6-9-20(29)28-18-10-12-19(30-2)13-11-18/h3-5,7-8,10-13,15H,6,9,14H2,1-2H3,(H,28,29)(H,25,26,27). The molecule has 0 aliphatic rings. The van der Waals surface area contributed by atoms with Crippen molar-refractivity contribution in [2.24, 2.45) is 0 Å². The summed E-state index contributed by atoms with van der Waals surface area (Å²) in [6.07, 6.45) is 2.70. The molecular formula is C24H24N4O2S. The summed E-state index contributed by atoms with van der Waals surface area (Å²) >= 11 is 1.67. The van der Waals surface area contributed by atoms with Gasteiger partial charge in [0.05, 0.1) is 12.5 Å². The Bertz CT molecular complexity index is 1170. The largest absolute Gasteiger partial charge is 0.497 e. The van der Waals surface area contributed by atoms with Crippen LogP contribution in [-0.2, 0) is 4.79 Å². The molecule has 0 radical (unpaired) electrons. The van der Waals surface area contributed by atoms with E-state index in [0.717, 1.165) is 33.0 Å². The second-order valence-electron chi connectivity index (χ2n) is 7.11. The number of nitrogens with zero attached hydrogens (tertiary/aromatic N) is 2. The monoisotopic (exact) mass is 432 g/mol. The molecule has 2 N–H and O–H groups in total. The van der Waals surface area contributed by atoms with E-state index in [1.165, 1.54) is 10.4 Å². The molecule has 0 spiro atoms. The van der Waals surface area contributed by atoms with E-state index < -0.39 is 0 Å². The van der Waals surface area contributed by atoms with Gasteiger partial charge in [0.15, 0.2) is 0 Å². The molecule has 1 amide bonds. The Morgan fingerprint density at radius 1 is 1.06 bits per heavy atom. The van der Waals surface area contributed by atoms with Crippen LogP contribution < -0.4 is 15.4 Å². The fourth-order valence-corrected chi connectivity index (χ4v) is 4.50. The van der Waals surface area contributed by atoms with E-state index in [4.69, 9.17) is 4.74 Å². The highest BCUT2D eigenvalue weighted by molar-refractivity contribution is 7.19. The summed E-state index contributed by atoms with van der Waals surface area (Å²) in [5.74, 6) is 1.55. The third-order valence-corrected chi connectivity index (χ3v) is 5.99. The summed E-state index contributed by atoms with van der Waals surface area (Å²) in [6.45, 7) is 2.76. The highest BCUT2D eigenvalue weighted by atomic mass is 32.1. The molecule has 0 saturated heterocycles. The number of carbonyl (C=O) groups excluding carboxylic acids is 1. The molecule has 7 heteroatoms. The van der Waals surface area contributed by atoms with Gasteiger partial charge in [-0.15, -0.1) is 11.3 Å². The fourth-order valence-electron chi connectivity index (χ4n) is 3.48. The third-order valence-electron chi connectivity index (χ3n) is 4.97. The molecule has 4 aromatic rings.